The van der Waals surface area contributed by atoms with Crippen LogP contribution < -0.4 is 20.2 Å². The van der Waals surface area contributed by atoms with Gasteiger partial charge in [-0.05, 0) is 55.0 Å². The molecule has 0 saturated carbocycles. The summed E-state index contributed by atoms with van der Waals surface area (Å²) < 4.78 is 11.5. The van der Waals surface area contributed by atoms with Crippen LogP contribution in [0, 0.1) is 0 Å². The maximum atomic E-state index is 6.18. The molecule has 0 bridgehead atoms. The van der Waals surface area contributed by atoms with Crippen LogP contribution in [0.4, 0.5) is 0 Å². The first-order chi connectivity index (χ1) is 12.5. The molecule has 0 spiro atoms. The lowest BCUT2D eigenvalue weighted by molar-refractivity contribution is 0.269. The number of thiocarbonyl (C=S) groups is 1. The van der Waals surface area contributed by atoms with Gasteiger partial charge in [-0.25, -0.2) is 0 Å². The van der Waals surface area contributed by atoms with Gasteiger partial charge in [-0.2, -0.15) is 5.10 Å². The molecule has 0 unspecified atom stereocenters. The summed E-state index contributed by atoms with van der Waals surface area (Å²) >= 11 is 17.3. The second kappa shape index (κ2) is 10.2. The molecular formula is C18H19Cl2N3O2S. The van der Waals surface area contributed by atoms with Crippen LogP contribution in [0.15, 0.2) is 41.5 Å². The zero-order chi connectivity index (χ0) is 18.9. The molecule has 2 rings (SSSR count). The van der Waals surface area contributed by atoms with Gasteiger partial charge in [0.1, 0.15) is 6.61 Å². The molecule has 0 aromatic heterocycles. The zero-order valence-electron chi connectivity index (χ0n) is 14.4. The maximum absolute atomic E-state index is 6.18. The van der Waals surface area contributed by atoms with Crippen LogP contribution in [0.2, 0.25) is 10.0 Å². The molecule has 0 amide bonds. The average molecular weight is 412 g/mol. The Morgan fingerprint density at radius 2 is 1.88 bits per heavy atom. The molecule has 0 heterocycles. The van der Waals surface area contributed by atoms with Gasteiger partial charge in [-0.1, -0.05) is 29.3 Å². The van der Waals surface area contributed by atoms with E-state index in [1.54, 1.807) is 31.5 Å². The van der Waals surface area contributed by atoms with E-state index in [0.717, 1.165) is 11.1 Å². The van der Waals surface area contributed by atoms with Gasteiger partial charge in [0.25, 0.3) is 0 Å². The maximum Gasteiger partial charge on any atom is 0.186 e. The number of hydrazone groups is 1. The summed E-state index contributed by atoms with van der Waals surface area (Å²) in [4.78, 5) is 0. The van der Waals surface area contributed by atoms with Crippen molar-refractivity contribution in [3.8, 4) is 11.5 Å². The van der Waals surface area contributed by atoms with E-state index in [0.29, 0.717) is 33.3 Å². The molecule has 8 heteroatoms. The molecule has 2 N–H and O–H groups in total. The number of ether oxygens (including phenoxy) is 2. The number of benzene rings is 2. The molecule has 138 valence electrons. The Balaban J connectivity index is 2.14. The second-order valence-electron chi connectivity index (χ2n) is 5.08. The summed E-state index contributed by atoms with van der Waals surface area (Å²) in [6.07, 6.45) is 1.64. The van der Waals surface area contributed by atoms with Crippen molar-refractivity contribution in [3.05, 3.63) is 57.6 Å². The summed E-state index contributed by atoms with van der Waals surface area (Å²) in [6, 6.07) is 10.9. The van der Waals surface area contributed by atoms with Crippen molar-refractivity contribution in [1.29, 1.82) is 0 Å². The van der Waals surface area contributed by atoms with Crippen LogP contribution >= 0.6 is 35.4 Å². The van der Waals surface area contributed by atoms with E-state index in [1.807, 2.05) is 25.1 Å². The third-order valence-electron chi connectivity index (χ3n) is 3.31. The van der Waals surface area contributed by atoms with Crippen molar-refractivity contribution >= 4 is 46.7 Å². The van der Waals surface area contributed by atoms with E-state index in [1.165, 1.54) is 0 Å². The van der Waals surface area contributed by atoms with Crippen LogP contribution in [-0.2, 0) is 6.61 Å². The molecule has 0 saturated heterocycles. The normalized spacial score (nSPS) is 10.6. The fourth-order valence-corrected chi connectivity index (χ4v) is 2.59. The van der Waals surface area contributed by atoms with Gasteiger partial charge >= 0.3 is 0 Å². The summed E-state index contributed by atoms with van der Waals surface area (Å²) in [7, 11) is 1.72. The highest BCUT2D eigenvalue weighted by molar-refractivity contribution is 7.80. The van der Waals surface area contributed by atoms with Crippen LogP contribution in [-0.4, -0.2) is 25.0 Å². The molecule has 2 aromatic rings. The van der Waals surface area contributed by atoms with E-state index in [2.05, 4.69) is 15.8 Å². The van der Waals surface area contributed by atoms with Gasteiger partial charge in [0.15, 0.2) is 16.6 Å². The fraction of sp³-hybridized carbons (Fsp3) is 0.222. The Bertz CT molecular complexity index is 780. The Labute approximate surface area is 168 Å². The molecule has 2 aromatic carbocycles. The molecule has 26 heavy (non-hydrogen) atoms. The van der Waals surface area contributed by atoms with Crippen LogP contribution in [0.25, 0.3) is 0 Å². The van der Waals surface area contributed by atoms with E-state index < -0.39 is 0 Å². The molecule has 0 aliphatic rings. The van der Waals surface area contributed by atoms with Crippen LogP contribution in [0.1, 0.15) is 18.1 Å². The molecule has 0 atom stereocenters. The number of hydrogen-bond acceptors (Lipinski definition) is 4. The summed E-state index contributed by atoms with van der Waals surface area (Å²) in [6.45, 7) is 2.65. The fourth-order valence-electron chi connectivity index (χ4n) is 2.03. The second-order valence-corrected chi connectivity index (χ2v) is 6.30. The van der Waals surface area contributed by atoms with E-state index in [-0.39, 0.29) is 6.61 Å². The highest BCUT2D eigenvalue weighted by atomic mass is 35.5. The monoisotopic (exact) mass is 411 g/mol. The summed E-state index contributed by atoms with van der Waals surface area (Å²) in [5.74, 6) is 1.20. The lowest BCUT2D eigenvalue weighted by atomic mass is 10.2. The lowest BCUT2D eigenvalue weighted by Gasteiger charge is -2.14. The predicted octanol–water partition coefficient (Wildman–Crippen LogP) is 4.40. The number of nitrogens with one attached hydrogen (secondary N) is 2. The SMILES string of the molecule is CCOc1cc(C=NNC(=S)NC)ccc1OCc1c(Cl)cccc1Cl. The van der Waals surface area contributed by atoms with E-state index in [4.69, 9.17) is 44.9 Å². The van der Waals surface area contributed by atoms with E-state index in [9.17, 15) is 0 Å². The Morgan fingerprint density at radius 3 is 2.54 bits per heavy atom. The van der Waals surface area contributed by atoms with Crippen molar-refractivity contribution in [2.24, 2.45) is 5.10 Å². The van der Waals surface area contributed by atoms with Gasteiger partial charge in [0, 0.05) is 22.7 Å². The van der Waals surface area contributed by atoms with Crippen molar-refractivity contribution in [1.82, 2.24) is 10.7 Å². The first-order valence-corrected chi connectivity index (χ1v) is 9.05. The molecule has 0 aliphatic heterocycles. The third-order valence-corrected chi connectivity index (χ3v) is 4.31. The minimum absolute atomic E-state index is 0.240. The summed E-state index contributed by atoms with van der Waals surface area (Å²) in [5.41, 5.74) is 4.26. The largest absolute Gasteiger partial charge is 0.490 e. The molecule has 0 fully saturated rings. The summed E-state index contributed by atoms with van der Waals surface area (Å²) in [5, 5.41) is 8.38. The number of nitrogens with zero attached hydrogens (tertiary/aromatic N) is 1. The van der Waals surface area contributed by atoms with Gasteiger partial charge in [0.2, 0.25) is 0 Å². The van der Waals surface area contributed by atoms with Gasteiger partial charge in [-0.15, -0.1) is 0 Å². The standard InChI is InChI=1S/C18H19Cl2N3O2S/c1-3-24-17-9-12(10-22-23-18(26)21-2)7-8-16(17)25-11-13-14(19)5-4-6-15(13)20/h4-10H,3,11H2,1-2H3,(H2,21,23,26). The molecule has 0 radical (unpaired) electrons. The zero-order valence-corrected chi connectivity index (χ0v) is 16.7. The van der Waals surface area contributed by atoms with E-state index >= 15 is 0 Å². The Kier molecular flexibility index (Phi) is 7.97. The smallest absolute Gasteiger partial charge is 0.186 e. The van der Waals surface area contributed by atoms with Crippen molar-refractivity contribution in [3.63, 3.8) is 0 Å². The molecular weight excluding hydrogens is 393 g/mol. The van der Waals surface area contributed by atoms with Gasteiger partial charge < -0.3 is 14.8 Å². The number of hydrogen-bond donors (Lipinski definition) is 2. The number of rotatable bonds is 7. The molecule has 5 nitrogen and oxygen atoms in total. The first-order valence-electron chi connectivity index (χ1n) is 7.88. The first kappa shape index (κ1) is 20.3. The van der Waals surface area contributed by atoms with Crippen LogP contribution in [0.5, 0.6) is 11.5 Å². The predicted molar refractivity (Wildman–Crippen MR) is 111 cm³/mol. The number of halogens is 2. The van der Waals surface area contributed by atoms with Crippen molar-refractivity contribution in [2.45, 2.75) is 13.5 Å². The Hall–Kier alpha value is -2.02. The van der Waals surface area contributed by atoms with Gasteiger partial charge in [0.05, 0.1) is 12.8 Å². The van der Waals surface area contributed by atoms with Crippen molar-refractivity contribution in [2.75, 3.05) is 13.7 Å². The molecule has 0 aliphatic carbocycles. The lowest BCUT2D eigenvalue weighted by Crippen LogP contribution is -2.28. The quantitative estimate of drug-likeness (QED) is 0.401. The highest BCUT2D eigenvalue weighted by Gasteiger charge is 2.10. The topological polar surface area (TPSA) is 54.9 Å². The average Bonchev–Trinajstić information content (AvgIpc) is 2.62. The minimum Gasteiger partial charge on any atom is -0.490 e. The third kappa shape index (κ3) is 5.76. The van der Waals surface area contributed by atoms with Crippen molar-refractivity contribution < 1.29 is 9.47 Å². The highest BCUT2D eigenvalue weighted by Crippen LogP contribution is 2.31. The van der Waals surface area contributed by atoms with Crippen LogP contribution in [0.3, 0.4) is 0 Å². The minimum atomic E-state index is 0.240. The Morgan fingerprint density at radius 1 is 1.15 bits per heavy atom. The van der Waals surface area contributed by atoms with Gasteiger partial charge in [-0.3, -0.25) is 5.43 Å².